The molecular weight excluding hydrogens is 376 g/mol. The SMILES string of the molecule is Cc1ccc(-c2nc3n(CCN4CCOCC4)c4ccccc4c(=O)n3c2C)cc1. The normalized spacial score (nSPS) is 15.3. The molecule has 0 aliphatic carbocycles. The molecule has 0 N–H and O–H groups in total. The number of ether oxygens (including phenoxy) is 1. The van der Waals surface area contributed by atoms with Crippen molar-refractivity contribution in [2.24, 2.45) is 0 Å². The van der Waals surface area contributed by atoms with Crippen LogP contribution in [-0.2, 0) is 11.3 Å². The van der Waals surface area contributed by atoms with Gasteiger partial charge in [0, 0.05) is 31.7 Å². The van der Waals surface area contributed by atoms with Crippen LogP contribution < -0.4 is 5.56 Å². The number of hydrogen-bond donors (Lipinski definition) is 0. The van der Waals surface area contributed by atoms with Gasteiger partial charge in [-0.25, -0.2) is 9.38 Å². The van der Waals surface area contributed by atoms with Gasteiger partial charge in [0.15, 0.2) is 0 Å². The van der Waals surface area contributed by atoms with Gasteiger partial charge < -0.3 is 9.30 Å². The van der Waals surface area contributed by atoms with E-state index in [9.17, 15) is 4.79 Å². The summed E-state index contributed by atoms with van der Waals surface area (Å²) in [5.74, 6) is 0.708. The largest absolute Gasteiger partial charge is 0.379 e. The molecule has 0 saturated carbocycles. The molecule has 0 amide bonds. The fourth-order valence-corrected chi connectivity index (χ4v) is 4.30. The Bertz CT molecular complexity index is 1260. The summed E-state index contributed by atoms with van der Waals surface area (Å²) < 4.78 is 9.44. The molecule has 3 heterocycles. The van der Waals surface area contributed by atoms with Gasteiger partial charge in [0.05, 0.1) is 35.5 Å². The summed E-state index contributed by atoms with van der Waals surface area (Å²) in [6.07, 6.45) is 0. The van der Waals surface area contributed by atoms with Gasteiger partial charge in [-0.3, -0.25) is 9.69 Å². The summed E-state index contributed by atoms with van der Waals surface area (Å²) in [4.78, 5) is 20.7. The summed E-state index contributed by atoms with van der Waals surface area (Å²) in [7, 11) is 0. The van der Waals surface area contributed by atoms with Crippen LogP contribution in [0.1, 0.15) is 11.3 Å². The number of hydrogen-bond acceptors (Lipinski definition) is 4. The number of rotatable bonds is 4. The molecule has 1 aliphatic rings. The first-order valence-corrected chi connectivity index (χ1v) is 10.5. The summed E-state index contributed by atoms with van der Waals surface area (Å²) in [5, 5.41) is 0.725. The zero-order valence-corrected chi connectivity index (χ0v) is 17.5. The van der Waals surface area contributed by atoms with E-state index in [1.807, 2.05) is 31.2 Å². The number of aromatic nitrogens is 3. The lowest BCUT2D eigenvalue weighted by Crippen LogP contribution is -2.38. The number of fused-ring (bicyclic) bond motifs is 2. The molecule has 0 atom stereocenters. The zero-order valence-electron chi connectivity index (χ0n) is 17.5. The minimum Gasteiger partial charge on any atom is -0.379 e. The smallest absolute Gasteiger partial charge is 0.267 e. The molecule has 2 aromatic heterocycles. The van der Waals surface area contributed by atoms with Crippen LogP contribution in [0.15, 0.2) is 53.3 Å². The van der Waals surface area contributed by atoms with Crippen LogP contribution in [0, 0.1) is 13.8 Å². The number of nitrogens with zero attached hydrogens (tertiary/aromatic N) is 4. The maximum absolute atomic E-state index is 13.3. The lowest BCUT2D eigenvalue weighted by molar-refractivity contribution is 0.0366. The Balaban J connectivity index is 1.69. The van der Waals surface area contributed by atoms with Crippen molar-refractivity contribution in [3.63, 3.8) is 0 Å². The molecule has 2 aromatic carbocycles. The van der Waals surface area contributed by atoms with Crippen LogP contribution in [0.25, 0.3) is 27.9 Å². The van der Waals surface area contributed by atoms with E-state index in [0.29, 0.717) is 5.78 Å². The van der Waals surface area contributed by atoms with E-state index in [4.69, 9.17) is 9.72 Å². The van der Waals surface area contributed by atoms with Crippen LogP contribution in [0.4, 0.5) is 0 Å². The van der Waals surface area contributed by atoms with Gasteiger partial charge in [-0.05, 0) is 26.0 Å². The summed E-state index contributed by atoms with van der Waals surface area (Å²) in [6, 6.07) is 16.2. The third-order valence-electron chi connectivity index (χ3n) is 6.03. The van der Waals surface area contributed by atoms with Gasteiger partial charge >= 0.3 is 0 Å². The van der Waals surface area contributed by atoms with E-state index < -0.39 is 0 Å². The van der Waals surface area contributed by atoms with Crippen molar-refractivity contribution in [1.82, 2.24) is 18.9 Å². The van der Waals surface area contributed by atoms with Crippen molar-refractivity contribution in [1.29, 1.82) is 0 Å². The van der Waals surface area contributed by atoms with E-state index in [-0.39, 0.29) is 5.56 Å². The fourth-order valence-electron chi connectivity index (χ4n) is 4.30. The fraction of sp³-hybridized carbons (Fsp3) is 0.333. The zero-order chi connectivity index (χ0) is 20.7. The van der Waals surface area contributed by atoms with Crippen LogP contribution >= 0.6 is 0 Å². The van der Waals surface area contributed by atoms with Crippen LogP contribution in [0.2, 0.25) is 0 Å². The average Bonchev–Trinajstić information content (AvgIpc) is 3.12. The summed E-state index contributed by atoms with van der Waals surface area (Å²) >= 11 is 0. The number of morpholine rings is 1. The highest BCUT2D eigenvalue weighted by molar-refractivity contribution is 5.81. The van der Waals surface area contributed by atoms with Crippen LogP contribution in [-0.4, -0.2) is 51.7 Å². The third kappa shape index (κ3) is 3.22. The molecule has 1 saturated heterocycles. The lowest BCUT2D eigenvalue weighted by atomic mass is 10.1. The first-order valence-electron chi connectivity index (χ1n) is 10.5. The van der Waals surface area contributed by atoms with Crippen molar-refractivity contribution in [3.05, 3.63) is 70.1 Å². The van der Waals surface area contributed by atoms with Gasteiger partial charge in [-0.15, -0.1) is 0 Å². The maximum atomic E-state index is 13.3. The Hall–Kier alpha value is -2.96. The van der Waals surface area contributed by atoms with Gasteiger partial charge in [-0.1, -0.05) is 42.0 Å². The third-order valence-corrected chi connectivity index (χ3v) is 6.03. The second-order valence-corrected chi connectivity index (χ2v) is 7.98. The van der Waals surface area contributed by atoms with E-state index in [2.05, 4.69) is 40.7 Å². The molecule has 0 spiro atoms. The van der Waals surface area contributed by atoms with Crippen molar-refractivity contribution in [2.75, 3.05) is 32.8 Å². The first kappa shape index (κ1) is 19.0. The Morgan fingerprint density at radius 2 is 1.70 bits per heavy atom. The average molecular weight is 402 g/mol. The molecule has 0 bridgehead atoms. The minimum absolute atomic E-state index is 0.00779. The van der Waals surface area contributed by atoms with E-state index in [1.165, 1.54) is 5.56 Å². The highest BCUT2D eigenvalue weighted by atomic mass is 16.5. The molecule has 1 fully saturated rings. The number of imidazole rings is 1. The molecular formula is C24H26N4O2. The standard InChI is InChI=1S/C24H26N4O2/c1-17-7-9-19(10-8-17)22-18(2)28-23(29)20-5-3-4-6-21(20)27(24(28)25-22)12-11-26-13-15-30-16-14-26/h3-10H,11-16H2,1-2H3. The van der Waals surface area contributed by atoms with Crippen molar-refractivity contribution in [2.45, 2.75) is 20.4 Å². The van der Waals surface area contributed by atoms with E-state index >= 15 is 0 Å². The molecule has 0 radical (unpaired) electrons. The number of benzene rings is 2. The second-order valence-electron chi connectivity index (χ2n) is 7.98. The highest BCUT2D eigenvalue weighted by Gasteiger charge is 2.19. The maximum Gasteiger partial charge on any atom is 0.267 e. The monoisotopic (exact) mass is 402 g/mol. The van der Waals surface area contributed by atoms with Crippen LogP contribution in [0.3, 0.4) is 0 Å². The number of aryl methyl sites for hydroxylation is 2. The lowest BCUT2D eigenvalue weighted by Gasteiger charge is -2.27. The topological polar surface area (TPSA) is 51.8 Å². The second kappa shape index (κ2) is 7.70. The van der Waals surface area contributed by atoms with E-state index in [0.717, 1.165) is 67.2 Å². The summed E-state index contributed by atoms with van der Waals surface area (Å²) in [6.45, 7) is 9.17. The molecule has 5 rings (SSSR count). The van der Waals surface area contributed by atoms with E-state index in [1.54, 1.807) is 4.40 Å². The quantitative estimate of drug-likeness (QED) is 0.526. The van der Waals surface area contributed by atoms with Crippen molar-refractivity contribution >= 4 is 16.7 Å². The predicted octanol–water partition coefficient (Wildman–Crippen LogP) is 3.27. The van der Waals surface area contributed by atoms with Gasteiger partial charge in [0.1, 0.15) is 0 Å². The molecule has 1 aliphatic heterocycles. The highest BCUT2D eigenvalue weighted by Crippen LogP contribution is 2.25. The first-order chi connectivity index (χ1) is 14.6. The van der Waals surface area contributed by atoms with Gasteiger partial charge in [0.25, 0.3) is 5.56 Å². The van der Waals surface area contributed by atoms with Crippen molar-refractivity contribution < 1.29 is 4.74 Å². The summed E-state index contributed by atoms with van der Waals surface area (Å²) in [5.41, 5.74) is 4.91. The number of para-hydroxylation sites is 1. The van der Waals surface area contributed by atoms with Crippen LogP contribution in [0.5, 0.6) is 0 Å². The Kier molecular flexibility index (Phi) is 4.89. The van der Waals surface area contributed by atoms with Gasteiger partial charge in [-0.2, -0.15) is 0 Å². The molecule has 154 valence electrons. The minimum atomic E-state index is -0.00779. The van der Waals surface area contributed by atoms with Crippen molar-refractivity contribution in [3.8, 4) is 11.3 Å². The molecule has 0 unspecified atom stereocenters. The Labute approximate surface area is 175 Å². The molecule has 4 aromatic rings. The Morgan fingerprint density at radius 1 is 0.967 bits per heavy atom. The predicted molar refractivity (Wildman–Crippen MR) is 119 cm³/mol. The molecule has 6 nitrogen and oxygen atoms in total. The molecule has 6 heteroatoms. The molecule has 30 heavy (non-hydrogen) atoms. The Morgan fingerprint density at radius 3 is 2.47 bits per heavy atom. The van der Waals surface area contributed by atoms with Gasteiger partial charge in [0.2, 0.25) is 5.78 Å².